The van der Waals surface area contributed by atoms with E-state index in [9.17, 15) is 4.79 Å². The molecule has 0 spiro atoms. The molecule has 0 radical (unpaired) electrons. The molecule has 2 aromatic heterocycles. The molecule has 3 heterocycles. The third kappa shape index (κ3) is 3.30. The van der Waals surface area contributed by atoms with Crippen molar-refractivity contribution in [1.29, 1.82) is 0 Å². The summed E-state index contributed by atoms with van der Waals surface area (Å²) >= 11 is 5.89. The number of nitrogens with one attached hydrogen (secondary N) is 1. The molecule has 25 heavy (non-hydrogen) atoms. The Kier molecular flexibility index (Phi) is 4.28. The molecule has 1 aliphatic heterocycles. The summed E-state index contributed by atoms with van der Waals surface area (Å²) in [5.74, 6) is 0.148. The highest BCUT2D eigenvalue weighted by Gasteiger charge is 2.19. The van der Waals surface area contributed by atoms with Gasteiger partial charge in [0, 0.05) is 36.1 Å². The first kappa shape index (κ1) is 15.9. The van der Waals surface area contributed by atoms with Crippen LogP contribution in [0.25, 0.3) is 16.6 Å². The third-order valence-corrected chi connectivity index (χ3v) is 4.86. The lowest BCUT2D eigenvalue weighted by Crippen LogP contribution is -2.35. The molecule has 0 unspecified atom stereocenters. The van der Waals surface area contributed by atoms with E-state index in [1.807, 2.05) is 53.7 Å². The van der Waals surface area contributed by atoms with Crippen molar-refractivity contribution in [2.24, 2.45) is 0 Å². The number of halogens is 1. The van der Waals surface area contributed by atoms with Crippen LogP contribution in [0.5, 0.6) is 0 Å². The number of aromatic amines is 1. The molecule has 1 aliphatic rings. The van der Waals surface area contributed by atoms with Crippen LogP contribution in [-0.2, 0) is 11.2 Å². The van der Waals surface area contributed by atoms with Gasteiger partial charge in [0.2, 0.25) is 5.91 Å². The smallest absolute Gasteiger partial charge is 0.227 e. The van der Waals surface area contributed by atoms with Crippen molar-refractivity contribution in [2.75, 3.05) is 13.1 Å². The number of pyridine rings is 1. The van der Waals surface area contributed by atoms with E-state index in [4.69, 9.17) is 11.6 Å². The molecule has 126 valence electrons. The van der Waals surface area contributed by atoms with Crippen molar-refractivity contribution in [1.82, 2.24) is 14.9 Å². The monoisotopic (exact) mass is 351 g/mol. The molecule has 1 N–H and O–H groups in total. The molecule has 1 aromatic carbocycles. The fourth-order valence-electron chi connectivity index (χ4n) is 3.23. The van der Waals surface area contributed by atoms with Gasteiger partial charge in [-0.3, -0.25) is 9.78 Å². The minimum Gasteiger partial charge on any atom is -0.359 e. The van der Waals surface area contributed by atoms with E-state index in [1.54, 1.807) is 0 Å². The van der Waals surface area contributed by atoms with E-state index in [1.165, 1.54) is 5.57 Å². The lowest BCUT2D eigenvalue weighted by Gasteiger charge is -2.26. The number of hydrogen-bond acceptors (Lipinski definition) is 2. The summed E-state index contributed by atoms with van der Waals surface area (Å²) in [6, 6.07) is 11.4. The topological polar surface area (TPSA) is 49.0 Å². The van der Waals surface area contributed by atoms with Crippen LogP contribution in [-0.4, -0.2) is 33.9 Å². The van der Waals surface area contributed by atoms with Gasteiger partial charge in [0.15, 0.2) is 0 Å². The van der Waals surface area contributed by atoms with Gasteiger partial charge in [-0.1, -0.05) is 29.8 Å². The standard InChI is InChI=1S/C20H18ClN3O/c21-16-5-3-14(4-6-16)12-19(25)24-10-7-15(8-11-24)17-13-23-18-2-1-9-22-20(17)18/h1-7,9,13,23H,8,10-12H2. The zero-order valence-corrected chi connectivity index (χ0v) is 14.5. The quantitative estimate of drug-likeness (QED) is 0.773. The number of benzene rings is 1. The molecule has 3 aromatic rings. The molecule has 0 fully saturated rings. The molecule has 5 heteroatoms. The molecule has 0 aliphatic carbocycles. The van der Waals surface area contributed by atoms with Crippen LogP contribution in [0.1, 0.15) is 17.5 Å². The fraction of sp³-hybridized carbons (Fsp3) is 0.200. The van der Waals surface area contributed by atoms with Crippen molar-refractivity contribution >= 4 is 34.1 Å². The van der Waals surface area contributed by atoms with Gasteiger partial charge in [0.05, 0.1) is 17.5 Å². The van der Waals surface area contributed by atoms with Gasteiger partial charge in [0.1, 0.15) is 0 Å². The number of H-pyrrole nitrogens is 1. The zero-order chi connectivity index (χ0) is 17.2. The molecular weight excluding hydrogens is 334 g/mol. The fourth-order valence-corrected chi connectivity index (χ4v) is 3.35. The van der Waals surface area contributed by atoms with E-state index in [0.717, 1.165) is 35.1 Å². The highest BCUT2D eigenvalue weighted by Crippen LogP contribution is 2.28. The SMILES string of the molecule is O=C(Cc1ccc(Cl)cc1)N1CC=C(c2c[nH]c3cccnc23)CC1. The first-order valence-corrected chi connectivity index (χ1v) is 8.72. The van der Waals surface area contributed by atoms with E-state index >= 15 is 0 Å². The molecule has 0 saturated carbocycles. The number of carbonyl (C=O) groups excluding carboxylic acids is 1. The van der Waals surface area contributed by atoms with Crippen molar-refractivity contribution in [3.05, 3.63) is 71.0 Å². The maximum absolute atomic E-state index is 12.5. The maximum Gasteiger partial charge on any atom is 0.227 e. The van der Waals surface area contributed by atoms with Crippen LogP contribution < -0.4 is 0 Å². The molecule has 0 bridgehead atoms. The van der Waals surface area contributed by atoms with Gasteiger partial charge in [-0.15, -0.1) is 0 Å². The highest BCUT2D eigenvalue weighted by molar-refractivity contribution is 6.30. The van der Waals surface area contributed by atoms with Crippen LogP contribution in [0.2, 0.25) is 5.02 Å². The summed E-state index contributed by atoms with van der Waals surface area (Å²) in [5.41, 5.74) is 5.42. The Hall–Kier alpha value is -2.59. The van der Waals surface area contributed by atoms with Gasteiger partial charge in [0.25, 0.3) is 0 Å². The highest BCUT2D eigenvalue weighted by atomic mass is 35.5. The Morgan fingerprint density at radius 2 is 2.08 bits per heavy atom. The van der Waals surface area contributed by atoms with Crippen molar-refractivity contribution in [3.8, 4) is 0 Å². The number of nitrogens with zero attached hydrogens (tertiary/aromatic N) is 2. The minimum absolute atomic E-state index is 0.148. The van der Waals surface area contributed by atoms with Gasteiger partial charge in [-0.05, 0) is 41.8 Å². The van der Waals surface area contributed by atoms with Crippen LogP contribution in [0.15, 0.2) is 54.9 Å². The second-order valence-corrected chi connectivity index (χ2v) is 6.66. The van der Waals surface area contributed by atoms with Gasteiger partial charge >= 0.3 is 0 Å². The summed E-state index contributed by atoms with van der Waals surface area (Å²) < 4.78 is 0. The Morgan fingerprint density at radius 1 is 1.24 bits per heavy atom. The summed E-state index contributed by atoms with van der Waals surface area (Å²) in [7, 11) is 0. The van der Waals surface area contributed by atoms with E-state index in [2.05, 4.69) is 16.0 Å². The summed E-state index contributed by atoms with van der Waals surface area (Å²) in [4.78, 5) is 22.1. The molecule has 4 nitrogen and oxygen atoms in total. The third-order valence-electron chi connectivity index (χ3n) is 4.61. The zero-order valence-electron chi connectivity index (χ0n) is 13.7. The summed E-state index contributed by atoms with van der Waals surface area (Å²) in [5, 5.41) is 0.689. The molecule has 1 amide bonds. The van der Waals surface area contributed by atoms with E-state index in [0.29, 0.717) is 18.0 Å². The first-order chi connectivity index (χ1) is 12.2. The van der Waals surface area contributed by atoms with Crippen LogP contribution in [0.3, 0.4) is 0 Å². The second-order valence-electron chi connectivity index (χ2n) is 6.22. The molecule has 4 rings (SSSR count). The Labute approximate surface area is 151 Å². The number of fused-ring (bicyclic) bond motifs is 1. The number of aromatic nitrogens is 2. The number of rotatable bonds is 3. The number of hydrogen-bond donors (Lipinski definition) is 1. The minimum atomic E-state index is 0.148. The van der Waals surface area contributed by atoms with Crippen molar-refractivity contribution in [2.45, 2.75) is 12.8 Å². The Balaban J connectivity index is 1.46. The predicted octanol–water partition coefficient (Wildman–Crippen LogP) is 4.07. The van der Waals surface area contributed by atoms with Crippen LogP contribution >= 0.6 is 11.6 Å². The summed E-state index contributed by atoms with van der Waals surface area (Å²) in [6.45, 7) is 1.37. The van der Waals surface area contributed by atoms with Crippen molar-refractivity contribution < 1.29 is 4.79 Å². The predicted molar refractivity (Wildman–Crippen MR) is 100 cm³/mol. The maximum atomic E-state index is 12.5. The number of carbonyl (C=O) groups is 1. The Bertz CT molecular complexity index is 943. The largest absolute Gasteiger partial charge is 0.359 e. The van der Waals surface area contributed by atoms with Gasteiger partial charge in [-0.25, -0.2) is 0 Å². The number of amides is 1. The Morgan fingerprint density at radius 3 is 2.84 bits per heavy atom. The average molecular weight is 352 g/mol. The normalized spacial score (nSPS) is 14.6. The molecular formula is C20H18ClN3O. The summed E-state index contributed by atoms with van der Waals surface area (Å²) in [6.07, 6.45) is 7.21. The molecule has 0 atom stereocenters. The van der Waals surface area contributed by atoms with Gasteiger partial charge in [-0.2, -0.15) is 0 Å². The van der Waals surface area contributed by atoms with E-state index in [-0.39, 0.29) is 5.91 Å². The van der Waals surface area contributed by atoms with Crippen LogP contribution in [0.4, 0.5) is 0 Å². The average Bonchev–Trinajstić information content (AvgIpc) is 3.08. The second kappa shape index (κ2) is 6.73. The lowest BCUT2D eigenvalue weighted by atomic mass is 10.0. The van der Waals surface area contributed by atoms with Crippen LogP contribution in [0, 0.1) is 0 Å². The first-order valence-electron chi connectivity index (χ1n) is 8.34. The lowest BCUT2D eigenvalue weighted by molar-refractivity contribution is -0.130. The van der Waals surface area contributed by atoms with Gasteiger partial charge < -0.3 is 9.88 Å². The van der Waals surface area contributed by atoms with E-state index < -0.39 is 0 Å². The van der Waals surface area contributed by atoms with Crippen molar-refractivity contribution in [3.63, 3.8) is 0 Å². The molecule has 0 saturated heterocycles.